The van der Waals surface area contributed by atoms with Crippen molar-refractivity contribution in [3.63, 3.8) is 0 Å². The summed E-state index contributed by atoms with van der Waals surface area (Å²) in [6.07, 6.45) is 1.82. The van der Waals surface area contributed by atoms with Crippen LogP contribution in [0.15, 0.2) is 23.2 Å². The lowest BCUT2D eigenvalue weighted by Crippen LogP contribution is -2.50. The van der Waals surface area contributed by atoms with Gasteiger partial charge in [0.25, 0.3) is 0 Å². The van der Waals surface area contributed by atoms with Gasteiger partial charge in [-0.25, -0.2) is 4.99 Å². The zero-order valence-corrected chi connectivity index (χ0v) is 16.8. The van der Waals surface area contributed by atoms with E-state index in [9.17, 15) is 9.90 Å². The third-order valence-corrected chi connectivity index (χ3v) is 4.65. The van der Waals surface area contributed by atoms with E-state index in [1.807, 2.05) is 31.7 Å². The molecule has 0 aromatic heterocycles. The molecule has 2 rings (SSSR count). The number of aliphatic imine (C=N–C) groups is 1. The molecule has 1 aliphatic heterocycles. The number of guanidine groups is 1. The van der Waals surface area contributed by atoms with Crippen LogP contribution in [0.5, 0.6) is 11.5 Å². The number of rotatable bonds is 6. The minimum Gasteiger partial charge on any atom is -0.504 e. The summed E-state index contributed by atoms with van der Waals surface area (Å²) in [4.78, 5) is 18.7. The highest BCUT2D eigenvalue weighted by Gasteiger charge is 2.24. The second-order valence-corrected chi connectivity index (χ2v) is 7.10. The van der Waals surface area contributed by atoms with E-state index >= 15 is 0 Å². The molecule has 0 unspecified atom stereocenters. The largest absolute Gasteiger partial charge is 0.504 e. The Morgan fingerprint density at radius 3 is 2.63 bits per heavy atom. The lowest BCUT2D eigenvalue weighted by atomic mass is 10.0. The van der Waals surface area contributed by atoms with Crippen molar-refractivity contribution in [2.24, 2.45) is 10.9 Å². The topological polar surface area (TPSA) is 86.2 Å². The number of nitrogens with zero attached hydrogens (tertiary/aromatic N) is 2. The minimum atomic E-state index is 0.0503. The first-order valence-corrected chi connectivity index (χ1v) is 9.64. The number of likely N-dealkylation sites (tertiary alicyclic amines) is 1. The van der Waals surface area contributed by atoms with Gasteiger partial charge in [0, 0.05) is 31.6 Å². The normalized spacial score (nSPS) is 15.7. The summed E-state index contributed by atoms with van der Waals surface area (Å²) in [5.41, 5.74) is 0.905. The summed E-state index contributed by atoms with van der Waals surface area (Å²) in [5.74, 6) is 1.60. The number of amides is 1. The predicted octanol–water partition coefficient (Wildman–Crippen LogP) is 2.10. The second kappa shape index (κ2) is 10.0. The molecule has 1 aromatic rings. The summed E-state index contributed by atoms with van der Waals surface area (Å²) in [5, 5.41) is 16.6. The number of carbonyl (C=O) groups excluding carboxylic acids is 1. The van der Waals surface area contributed by atoms with Gasteiger partial charge in [-0.3, -0.25) is 4.79 Å². The van der Waals surface area contributed by atoms with Crippen molar-refractivity contribution in [2.75, 3.05) is 26.7 Å². The van der Waals surface area contributed by atoms with Crippen LogP contribution in [0, 0.1) is 5.92 Å². The van der Waals surface area contributed by atoms with Crippen LogP contribution in [-0.4, -0.2) is 54.7 Å². The Kier molecular flexibility index (Phi) is 7.76. The molecule has 0 bridgehead atoms. The van der Waals surface area contributed by atoms with Crippen LogP contribution < -0.4 is 15.4 Å². The third kappa shape index (κ3) is 6.05. The number of piperidine rings is 1. The third-order valence-electron chi connectivity index (χ3n) is 4.65. The maximum Gasteiger partial charge on any atom is 0.225 e. The van der Waals surface area contributed by atoms with Crippen molar-refractivity contribution in [1.82, 2.24) is 15.5 Å². The van der Waals surface area contributed by atoms with E-state index in [2.05, 4.69) is 15.6 Å². The number of phenolic OH excluding ortho intramolecular Hbond substituents is 1. The van der Waals surface area contributed by atoms with Gasteiger partial charge in [-0.05, 0) is 37.5 Å². The average molecular weight is 377 g/mol. The standard InChI is InChI=1S/C20H32N4O3/c1-5-21-20(22-13-15-6-7-18(27-4)17(25)12-15)23-16-8-10-24(11-9-16)19(26)14(2)3/h6-7,12,14,16,25H,5,8-11,13H2,1-4H3,(H2,21,22,23). The summed E-state index contributed by atoms with van der Waals surface area (Å²) < 4.78 is 5.07. The highest BCUT2D eigenvalue weighted by molar-refractivity contribution is 5.80. The highest BCUT2D eigenvalue weighted by atomic mass is 16.5. The smallest absolute Gasteiger partial charge is 0.225 e. The van der Waals surface area contributed by atoms with Crippen molar-refractivity contribution in [2.45, 2.75) is 46.2 Å². The van der Waals surface area contributed by atoms with Gasteiger partial charge >= 0.3 is 0 Å². The quantitative estimate of drug-likeness (QED) is 0.523. The lowest BCUT2D eigenvalue weighted by Gasteiger charge is -2.34. The summed E-state index contributed by atoms with van der Waals surface area (Å²) in [6.45, 7) is 8.70. The number of ether oxygens (including phenoxy) is 1. The number of phenols is 1. The Balaban J connectivity index is 1.92. The van der Waals surface area contributed by atoms with E-state index in [-0.39, 0.29) is 17.6 Å². The van der Waals surface area contributed by atoms with Crippen LogP contribution in [0.4, 0.5) is 0 Å². The van der Waals surface area contributed by atoms with Gasteiger partial charge in [0.15, 0.2) is 17.5 Å². The molecule has 0 aliphatic carbocycles. The Morgan fingerprint density at radius 1 is 1.37 bits per heavy atom. The van der Waals surface area contributed by atoms with E-state index in [0.717, 1.165) is 44.0 Å². The first-order chi connectivity index (χ1) is 12.9. The zero-order valence-electron chi connectivity index (χ0n) is 16.8. The van der Waals surface area contributed by atoms with Crippen molar-refractivity contribution >= 4 is 11.9 Å². The molecule has 1 fully saturated rings. The van der Waals surface area contributed by atoms with Crippen molar-refractivity contribution in [3.8, 4) is 11.5 Å². The van der Waals surface area contributed by atoms with Crippen LogP contribution >= 0.6 is 0 Å². The number of aromatic hydroxyl groups is 1. The number of hydrogen-bond donors (Lipinski definition) is 3. The summed E-state index contributed by atoms with van der Waals surface area (Å²) in [7, 11) is 1.53. The molecule has 7 heteroatoms. The number of benzene rings is 1. The van der Waals surface area contributed by atoms with E-state index < -0.39 is 0 Å². The van der Waals surface area contributed by atoms with Crippen LogP contribution in [-0.2, 0) is 11.3 Å². The van der Waals surface area contributed by atoms with Gasteiger partial charge in [0.05, 0.1) is 13.7 Å². The fraction of sp³-hybridized carbons (Fsp3) is 0.600. The van der Waals surface area contributed by atoms with E-state index in [0.29, 0.717) is 18.3 Å². The Bertz CT molecular complexity index is 653. The average Bonchev–Trinajstić information content (AvgIpc) is 2.66. The molecule has 27 heavy (non-hydrogen) atoms. The first-order valence-electron chi connectivity index (χ1n) is 9.64. The van der Waals surface area contributed by atoms with Gasteiger partial charge in [-0.15, -0.1) is 0 Å². The molecule has 1 aromatic carbocycles. The lowest BCUT2D eigenvalue weighted by molar-refractivity contribution is -0.135. The van der Waals surface area contributed by atoms with Crippen LogP contribution in [0.25, 0.3) is 0 Å². The molecule has 0 atom stereocenters. The first kappa shape index (κ1) is 20.9. The van der Waals surface area contributed by atoms with E-state index in [1.54, 1.807) is 12.1 Å². The molecule has 7 nitrogen and oxygen atoms in total. The molecule has 150 valence electrons. The van der Waals surface area contributed by atoms with Gasteiger partial charge in [0.1, 0.15) is 0 Å². The van der Waals surface area contributed by atoms with Crippen molar-refractivity contribution in [3.05, 3.63) is 23.8 Å². The summed E-state index contributed by atoms with van der Waals surface area (Å²) in [6, 6.07) is 5.59. The van der Waals surface area contributed by atoms with E-state index in [1.165, 1.54) is 7.11 Å². The number of hydrogen-bond acceptors (Lipinski definition) is 4. The van der Waals surface area contributed by atoms with Crippen LogP contribution in [0.3, 0.4) is 0 Å². The molecule has 1 heterocycles. The van der Waals surface area contributed by atoms with Gasteiger partial charge in [-0.2, -0.15) is 0 Å². The van der Waals surface area contributed by atoms with E-state index in [4.69, 9.17) is 4.74 Å². The number of methoxy groups -OCH3 is 1. The molecular weight excluding hydrogens is 344 g/mol. The maximum absolute atomic E-state index is 12.1. The Morgan fingerprint density at radius 2 is 2.07 bits per heavy atom. The summed E-state index contributed by atoms with van der Waals surface area (Å²) >= 11 is 0. The predicted molar refractivity (Wildman–Crippen MR) is 107 cm³/mol. The molecule has 3 N–H and O–H groups in total. The zero-order chi connectivity index (χ0) is 19.8. The Hall–Kier alpha value is -2.44. The second-order valence-electron chi connectivity index (χ2n) is 7.10. The van der Waals surface area contributed by atoms with Crippen LogP contribution in [0.2, 0.25) is 0 Å². The Labute approximate surface area is 161 Å². The maximum atomic E-state index is 12.1. The highest BCUT2D eigenvalue weighted by Crippen LogP contribution is 2.26. The molecule has 0 spiro atoms. The molecule has 0 radical (unpaired) electrons. The van der Waals surface area contributed by atoms with Crippen LogP contribution in [0.1, 0.15) is 39.2 Å². The minimum absolute atomic E-state index is 0.0503. The number of nitrogens with one attached hydrogen (secondary N) is 2. The van der Waals surface area contributed by atoms with Gasteiger partial charge in [0.2, 0.25) is 5.91 Å². The van der Waals surface area contributed by atoms with Gasteiger partial charge in [-0.1, -0.05) is 19.9 Å². The molecule has 0 saturated carbocycles. The fourth-order valence-corrected chi connectivity index (χ4v) is 3.13. The molecule has 1 aliphatic rings. The molecular formula is C20H32N4O3. The molecule has 1 amide bonds. The SMILES string of the molecule is CCNC(=NCc1ccc(OC)c(O)c1)NC1CCN(C(=O)C(C)C)CC1. The van der Waals surface area contributed by atoms with Gasteiger partial charge < -0.3 is 25.4 Å². The monoisotopic (exact) mass is 376 g/mol. The molecule has 1 saturated heterocycles. The van der Waals surface area contributed by atoms with Crippen molar-refractivity contribution < 1.29 is 14.6 Å². The fourth-order valence-electron chi connectivity index (χ4n) is 3.13. The van der Waals surface area contributed by atoms with Crippen molar-refractivity contribution in [1.29, 1.82) is 0 Å². The number of carbonyl (C=O) groups is 1.